The molecule has 1 aromatic carbocycles. The first-order valence-corrected chi connectivity index (χ1v) is 10.5. The second kappa shape index (κ2) is 8.57. The Morgan fingerprint density at radius 3 is 2.50 bits per heavy atom. The molecule has 0 unspecified atom stereocenters. The molecule has 2 heterocycles. The molecule has 28 heavy (non-hydrogen) atoms. The summed E-state index contributed by atoms with van der Waals surface area (Å²) in [5, 5.41) is 16.2. The van der Waals surface area contributed by atoms with Gasteiger partial charge in [-0.3, -0.25) is 14.7 Å². The van der Waals surface area contributed by atoms with Crippen molar-refractivity contribution in [3.63, 3.8) is 0 Å². The number of para-hydroxylation sites is 1. The number of rotatable bonds is 5. The van der Waals surface area contributed by atoms with Gasteiger partial charge in [-0.05, 0) is 44.4 Å². The number of nitrogens with one attached hydrogen (secondary N) is 2. The molecule has 0 atom stereocenters. The normalized spacial score (nSPS) is 11.2. The highest BCUT2D eigenvalue weighted by molar-refractivity contribution is 7.99. The number of thiophene rings is 1. The maximum Gasteiger partial charge on any atom is 0.321 e. The fourth-order valence-electron chi connectivity index (χ4n) is 2.40. The van der Waals surface area contributed by atoms with E-state index in [0.717, 1.165) is 16.4 Å². The third-order valence-corrected chi connectivity index (χ3v) is 5.26. The molecular weight excluding hydrogens is 394 g/mol. The third kappa shape index (κ3) is 5.20. The van der Waals surface area contributed by atoms with Crippen molar-refractivity contribution in [3.05, 3.63) is 47.8 Å². The Morgan fingerprint density at radius 1 is 1.11 bits per heavy atom. The van der Waals surface area contributed by atoms with Gasteiger partial charge in [-0.1, -0.05) is 36.0 Å². The smallest absolute Gasteiger partial charge is 0.321 e. The van der Waals surface area contributed by atoms with Crippen LogP contribution < -0.4 is 10.6 Å². The number of carbonyl (C=O) groups excluding carboxylic acids is 2. The maximum absolute atomic E-state index is 12.1. The van der Waals surface area contributed by atoms with Crippen molar-refractivity contribution >= 4 is 35.0 Å². The summed E-state index contributed by atoms with van der Waals surface area (Å²) in [6, 6.07) is 13.2. The van der Waals surface area contributed by atoms with Crippen molar-refractivity contribution in [2.75, 3.05) is 5.75 Å². The van der Waals surface area contributed by atoms with Gasteiger partial charge in [-0.15, -0.1) is 21.5 Å². The molecule has 0 aliphatic carbocycles. The quantitative estimate of drug-likeness (QED) is 0.620. The zero-order chi connectivity index (χ0) is 20.1. The van der Waals surface area contributed by atoms with Crippen LogP contribution in [0.4, 0.5) is 4.79 Å². The van der Waals surface area contributed by atoms with Gasteiger partial charge in [0.2, 0.25) is 5.91 Å². The minimum Gasteiger partial charge on any atom is -0.333 e. The molecule has 3 amide bonds. The van der Waals surface area contributed by atoms with Crippen molar-refractivity contribution in [1.82, 2.24) is 25.4 Å². The lowest BCUT2D eigenvalue weighted by Crippen LogP contribution is -2.48. The summed E-state index contributed by atoms with van der Waals surface area (Å²) < 4.78 is 1.92. The number of aromatic nitrogens is 3. The molecule has 2 aromatic heterocycles. The monoisotopic (exact) mass is 415 g/mol. The number of carbonyl (C=O) groups is 2. The third-order valence-electron chi connectivity index (χ3n) is 3.46. The van der Waals surface area contributed by atoms with Gasteiger partial charge in [0.15, 0.2) is 11.0 Å². The lowest BCUT2D eigenvalue weighted by molar-refractivity contribution is -0.117. The van der Waals surface area contributed by atoms with E-state index in [2.05, 4.69) is 20.8 Å². The molecule has 7 nitrogen and oxygen atoms in total. The van der Waals surface area contributed by atoms with Crippen molar-refractivity contribution < 1.29 is 9.59 Å². The summed E-state index contributed by atoms with van der Waals surface area (Å²) in [7, 11) is 0. The van der Waals surface area contributed by atoms with E-state index in [4.69, 9.17) is 0 Å². The van der Waals surface area contributed by atoms with E-state index in [0.29, 0.717) is 5.16 Å². The molecule has 0 fully saturated rings. The standard InChI is InChI=1S/C19H21N5O2S2/c1-19(2,3)21-17(26)20-15(25)12-28-18-23-22-16(14-10-7-11-27-14)24(18)13-8-5-4-6-9-13/h4-11H,12H2,1-3H3,(H2,20,21,25,26). The Hall–Kier alpha value is -2.65. The number of benzene rings is 1. The Balaban J connectivity index is 1.76. The predicted molar refractivity (Wildman–Crippen MR) is 112 cm³/mol. The van der Waals surface area contributed by atoms with Gasteiger partial charge in [0.25, 0.3) is 0 Å². The zero-order valence-electron chi connectivity index (χ0n) is 15.8. The van der Waals surface area contributed by atoms with Crippen LogP contribution in [0, 0.1) is 0 Å². The van der Waals surface area contributed by atoms with Crippen molar-refractivity contribution in [3.8, 4) is 16.4 Å². The SMILES string of the molecule is CC(C)(C)NC(=O)NC(=O)CSc1nnc(-c2cccs2)n1-c1ccccc1. The van der Waals surface area contributed by atoms with Crippen molar-refractivity contribution in [2.24, 2.45) is 0 Å². The number of urea groups is 1. The van der Waals surface area contributed by atoms with Crippen LogP contribution in [0.3, 0.4) is 0 Å². The molecule has 9 heteroatoms. The van der Waals surface area contributed by atoms with E-state index >= 15 is 0 Å². The van der Waals surface area contributed by atoms with E-state index in [-0.39, 0.29) is 5.75 Å². The molecule has 3 aromatic rings. The van der Waals surface area contributed by atoms with Crippen LogP contribution in [0.1, 0.15) is 20.8 Å². The van der Waals surface area contributed by atoms with E-state index in [9.17, 15) is 9.59 Å². The summed E-state index contributed by atoms with van der Waals surface area (Å²) in [6.45, 7) is 5.54. The summed E-state index contributed by atoms with van der Waals surface area (Å²) in [6.07, 6.45) is 0. The highest BCUT2D eigenvalue weighted by Crippen LogP contribution is 2.30. The van der Waals surface area contributed by atoms with Crippen LogP contribution in [0.25, 0.3) is 16.4 Å². The summed E-state index contributed by atoms with van der Waals surface area (Å²) in [4.78, 5) is 25.0. The lowest BCUT2D eigenvalue weighted by atomic mass is 10.1. The Bertz CT molecular complexity index is 947. The molecule has 2 N–H and O–H groups in total. The molecule has 0 bridgehead atoms. The van der Waals surface area contributed by atoms with Gasteiger partial charge in [-0.2, -0.15) is 0 Å². The molecule has 0 radical (unpaired) electrons. The highest BCUT2D eigenvalue weighted by Gasteiger charge is 2.19. The first-order valence-electron chi connectivity index (χ1n) is 8.63. The Kier molecular flexibility index (Phi) is 6.15. The Morgan fingerprint density at radius 2 is 1.86 bits per heavy atom. The minimum atomic E-state index is -0.512. The summed E-state index contributed by atoms with van der Waals surface area (Å²) >= 11 is 2.80. The topological polar surface area (TPSA) is 88.9 Å². The Labute approximate surface area is 171 Å². The first-order chi connectivity index (χ1) is 13.3. The molecule has 0 aliphatic rings. The largest absolute Gasteiger partial charge is 0.333 e. The van der Waals surface area contributed by atoms with E-state index in [1.54, 1.807) is 11.3 Å². The van der Waals surface area contributed by atoms with Crippen LogP contribution in [0.15, 0.2) is 53.0 Å². The van der Waals surface area contributed by atoms with Gasteiger partial charge in [0, 0.05) is 11.2 Å². The number of hydrogen-bond donors (Lipinski definition) is 2. The average molecular weight is 416 g/mol. The molecule has 0 aliphatic heterocycles. The van der Waals surface area contributed by atoms with Crippen LogP contribution in [-0.4, -0.2) is 38.0 Å². The van der Waals surface area contributed by atoms with Gasteiger partial charge in [0.05, 0.1) is 10.6 Å². The fourth-order valence-corrected chi connectivity index (χ4v) is 3.85. The van der Waals surface area contributed by atoms with Crippen LogP contribution in [-0.2, 0) is 4.79 Å². The summed E-state index contributed by atoms with van der Waals surface area (Å²) in [5.41, 5.74) is 0.491. The number of thioether (sulfide) groups is 1. The lowest BCUT2D eigenvalue weighted by Gasteiger charge is -2.20. The molecular formula is C19H21N5O2S2. The molecule has 0 saturated carbocycles. The second-order valence-electron chi connectivity index (χ2n) is 7.00. The number of amides is 3. The maximum atomic E-state index is 12.1. The molecule has 3 rings (SSSR count). The highest BCUT2D eigenvalue weighted by atomic mass is 32.2. The molecule has 146 valence electrons. The van der Waals surface area contributed by atoms with Gasteiger partial charge < -0.3 is 5.32 Å². The van der Waals surface area contributed by atoms with E-state index in [1.807, 2.05) is 73.2 Å². The van der Waals surface area contributed by atoms with Crippen molar-refractivity contribution in [1.29, 1.82) is 0 Å². The van der Waals surface area contributed by atoms with Crippen LogP contribution >= 0.6 is 23.1 Å². The average Bonchev–Trinajstić information content (AvgIpc) is 3.28. The van der Waals surface area contributed by atoms with Gasteiger partial charge in [-0.25, -0.2) is 4.79 Å². The minimum absolute atomic E-state index is 0.0486. The molecule has 0 spiro atoms. The van der Waals surface area contributed by atoms with Gasteiger partial charge in [0.1, 0.15) is 0 Å². The molecule has 0 saturated heterocycles. The van der Waals surface area contributed by atoms with E-state index in [1.165, 1.54) is 11.8 Å². The second-order valence-corrected chi connectivity index (χ2v) is 8.89. The number of imide groups is 1. The van der Waals surface area contributed by atoms with Crippen LogP contribution in [0.2, 0.25) is 0 Å². The first kappa shape index (κ1) is 20.1. The number of hydrogen-bond acceptors (Lipinski definition) is 6. The van der Waals surface area contributed by atoms with Gasteiger partial charge >= 0.3 is 6.03 Å². The zero-order valence-corrected chi connectivity index (χ0v) is 17.4. The summed E-state index contributed by atoms with van der Waals surface area (Å²) in [5.74, 6) is 0.370. The van der Waals surface area contributed by atoms with E-state index < -0.39 is 17.5 Å². The fraction of sp³-hybridized carbons (Fsp3) is 0.263. The van der Waals surface area contributed by atoms with Crippen molar-refractivity contribution in [2.45, 2.75) is 31.5 Å². The number of nitrogens with zero attached hydrogens (tertiary/aromatic N) is 3. The van der Waals surface area contributed by atoms with Crippen LogP contribution in [0.5, 0.6) is 0 Å². The predicted octanol–water partition coefficient (Wildman–Crippen LogP) is 3.71.